The van der Waals surface area contributed by atoms with Crippen molar-refractivity contribution in [2.24, 2.45) is 5.41 Å². The molecule has 1 aliphatic rings. The maximum atomic E-state index is 12.1. The van der Waals surface area contributed by atoms with Gasteiger partial charge >= 0.3 is 0 Å². The molecule has 1 fully saturated rings. The summed E-state index contributed by atoms with van der Waals surface area (Å²) < 4.78 is 5.30. The summed E-state index contributed by atoms with van der Waals surface area (Å²) in [5.74, 6) is 0.00209. The Hall–Kier alpha value is -0.610. The van der Waals surface area contributed by atoms with Crippen molar-refractivity contribution >= 4 is 5.91 Å². The van der Waals surface area contributed by atoms with Crippen LogP contribution in [0.4, 0.5) is 0 Å². The molecule has 0 radical (unpaired) electrons. The van der Waals surface area contributed by atoms with E-state index >= 15 is 0 Å². The second-order valence-corrected chi connectivity index (χ2v) is 5.53. The number of amides is 1. The molecule has 1 unspecified atom stereocenters. The molecule has 100 valence electrons. The van der Waals surface area contributed by atoms with Gasteiger partial charge in [-0.25, -0.2) is 0 Å². The largest absolute Gasteiger partial charge is 0.369 e. The number of methoxy groups -OCH3 is 1. The van der Waals surface area contributed by atoms with Crippen molar-refractivity contribution in [3.05, 3.63) is 0 Å². The molecule has 0 aromatic carbocycles. The average molecular weight is 242 g/mol. The van der Waals surface area contributed by atoms with Crippen LogP contribution in [0.15, 0.2) is 0 Å². The molecule has 0 aromatic rings. The number of hydrogen-bond acceptors (Lipinski definition) is 3. The SMILES string of the molecule is CCC(C)(OC)C(=O)NCC1(C)CCNCC1. The molecule has 1 heterocycles. The van der Waals surface area contributed by atoms with Crippen LogP contribution in [0, 0.1) is 5.41 Å². The van der Waals surface area contributed by atoms with Crippen molar-refractivity contribution in [1.29, 1.82) is 0 Å². The summed E-state index contributed by atoms with van der Waals surface area (Å²) in [6.45, 7) is 8.88. The first-order valence-electron chi connectivity index (χ1n) is 6.50. The molecule has 1 atom stereocenters. The van der Waals surface area contributed by atoms with Crippen LogP contribution in [0.1, 0.15) is 40.0 Å². The zero-order chi connectivity index (χ0) is 12.9. The monoisotopic (exact) mass is 242 g/mol. The lowest BCUT2D eigenvalue weighted by molar-refractivity contribution is -0.142. The van der Waals surface area contributed by atoms with Crippen molar-refractivity contribution in [1.82, 2.24) is 10.6 Å². The molecular formula is C13H26N2O2. The number of ether oxygens (including phenoxy) is 1. The highest BCUT2D eigenvalue weighted by Gasteiger charge is 2.33. The van der Waals surface area contributed by atoms with Crippen molar-refractivity contribution in [3.8, 4) is 0 Å². The highest BCUT2D eigenvalue weighted by atomic mass is 16.5. The topological polar surface area (TPSA) is 50.4 Å². The molecule has 0 bridgehead atoms. The molecule has 1 aliphatic heterocycles. The van der Waals surface area contributed by atoms with Crippen LogP contribution < -0.4 is 10.6 Å². The first-order valence-corrected chi connectivity index (χ1v) is 6.50. The van der Waals surface area contributed by atoms with Crippen molar-refractivity contribution < 1.29 is 9.53 Å². The van der Waals surface area contributed by atoms with Crippen LogP contribution in [0.2, 0.25) is 0 Å². The third kappa shape index (κ3) is 3.68. The molecule has 17 heavy (non-hydrogen) atoms. The van der Waals surface area contributed by atoms with E-state index in [1.165, 1.54) is 0 Å². The second-order valence-electron chi connectivity index (χ2n) is 5.53. The molecule has 1 amide bonds. The number of nitrogens with one attached hydrogen (secondary N) is 2. The van der Waals surface area contributed by atoms with E-state index in [0.717, 1.165) is 32.5 Å². The predicted molar refractivity (Wildman–Crippen MR) is 68.9 cm³/mol. The van der Waals surface area contributed by atoms with E-state index < -0.39 is 5.60 Å². The smallest absolute Gasteiger partial charge is 0.251 e. The van der Waals surface area contributed by atoms with Gasteiger partial charge in [-0.05, 0) is 44.7 Å². The Morgan fingerprint density at radius 3 is 2.53 bits per heavy atom. The van der Waals surface area contributed by atoms with Gasteiger partial charge in [0.15, 0.2) is 0 Å². The van der Waals surface area contributed by atoms with Crippen molar-refractivity contribution in [2.75, 3.05) is 26.7 Å². The minimum Gasteiger partial charge on any atom is -0.369 e. The highest BCUT2D eigenvalue weighted by Crippen LogP contribution is 2.27. The third-order valence-electron chi connectivity index (χ3n) is 4.09. The van der Waals surface area contributed by atoms with Crippen LogP contribution in [-0.2, 0) is 9.53 Å². The lowest BCUT2D eigenvalue weighted by atomic mass is 9.81. The highest BCUT2D eigenvalue weighted by molar-refractivity contribution is 5.84. The maximum Gasteiger partial charge on any atom is 0.251 e. The van der Waals surface area contributed by atoms with E-state index in [9.17, 15) is 4.79 Å². The van der Waals surface area contributed by atoms with Gasteiger partial charge in [0.25, 0.3) is 5.91 Å². The van der Waals surface area contributed by atoms with Gasteiger partial charge in [-0.3, -0.25) is 4.79 Å². The Morgan fingerprint density at radius 1 is 1.47 bits per heavy atom. The third-order valence-corrected chi connectivity index (χ3v) is 4.09. The van der Waals surface area contributed by atoms with Crippen LogP contribution in [0.25, 0.3) is 0 Å². The number of piperidine rings is 1. The number of hydrogen-bond donors (Lipinski definition) is 2. The standard InChI is InChI=1S/C13H26N2O2/c1-5-13(3,17-4)11(16)15-10-12(2)6-8-14-9-7-12/h14H,5-10H2,1-4H3,(H,15,16). The molecule has 1 saturated heterocycles. The molecule has 4 nitrogen and oxygen atoms in total. The Morgan fingerprint density at radius 2 is 2.06 bits per heavy atom. The summed E-state index contributed by atoms with van der Waals surface area (Å²) in [5.41, 5.74) is -0.466. The molecule has 0 aromatic heterocycles. The first kappa shape index (κ1) is 14.5. The fourth-order valence-corrected chi connectivity index (χ4v) is 2.09. The zero-order valence-electron chi connectivity index (χ0n) is 11.6. The summed E-state index contributed by atoms with van der Waals surface area (Å²) in [7, 11) is 1.59. The molecule has 2 N–H and O–H groups in total. The van der Waals surface area contributed by atoms with Gasteiger partial charge in [0.05, 0.1) is 0 Å². The van der Waals surface area contributed by atoms with Crippen molar-refractivity contribution in [2.45, 2.75) is 45.6 Å². The van der Waals surface area contributed by atoms with Crippen molar-refractivity contribution in [3.63, 3.8) is 0 Å². The van der Waals surface area contributed by atoms with E-state index in [0.29, 0.717) is 6.42 Å². The zero-order valence-corrected chi connectivity index (χ0v) is 11.6. The van der Waals surface area contributed by atoms with Crippen LogP contribution in [0.5, 0.6) is 0 Å². The van der Waals surface area contributed by atoms with Gasteiger partial charge in [-0.15, -0.1) is 0 Å². The lowest BCUT2D eigenvalue weighted by Crippen LogP contribution is -2.50. The summed E-state index contributed by atoms with van der Waals surface area (Å²) >= 11 is 0. The van der Waals surface area contributed by atoms with Gasteiger partial charge in [-0.2, -0.15) is 0 Å². The van der Waals surface area contributed by atoms with Crippen LogP contribution in [-0.4, -0.2) is 38.3 Å². The number of rotatable bonds is 5. The van der Waals surface area contributed by atoms with E-state index in [1.54, 1.807) is 7.11 Å². The fraction of sp³-hybridized carbons (Fsp3) is 0.923. The second kappa shape index (κ2) is 5.83. The van der Waals surface area contributed by atoms with Gasteiger partial charge in [0.2, 0.25) is 0 Å². The molecule has 0 saturated carbocycles. The maximum absolute atomic E-state index is 12.1. The molecule has 4 heteroatoms. The van der Waals surface area contributed by atoms with Gasteiger partial charge in [0.1, 0.15) is 5.60 Å². The Balaban J connectivity index is 2.46. The van der Waals surface area contributed by atoms with E-state index in [1.807, 2.05) is 13.8 Å². The van der Waals surface area contributed by atoms with Gasteiger partial charge in [0, 0.05) is 13.7 Å². The van der Waals surface area contributed by atoms with E-state index in [-0.39, 0.29) is 11.3 Å². The summed E-state index contributed by atoms with van der Waals surface area (Å²) in [6.07, 6.45) is 2.92. The quantitative estimate of drug-likeness (QED) is 0.764. The summed E-state index contributed by atoms with van der Waals surface area (Å²) in [5, 5.41) is 6.39. The van der Waals surface area contributed by atoms with E-state index in [2.05, 4.69) is 17.6 Å². The first-order chi connectivity index (χ1) is 7.96. The van der Waals surface area contributed by atoms with Gasteiger partial charge < -0.3 is 15.4 Å². The normalized spacial score (nSPS) is 22.8. The molecule has 0 spiro atoms. The lowest BCUT2D eigenvalue weighted by Gasteiger charge is -2.35. The fourth-order valence-electron chi connectivity index (χ4n) is 2.09. The number of carbonyl (C=O) groups excluding carboxylic acids is 1. The molecule has 1 rings (SSSR count). The van der Waals surface area contributed by atoms with Gasteiger partial charge in [-0.1, -0.05) is 13.8 Å². The Bertz CT molecular complexity index is 256. The minimum atomic E-state index is -0.691. The van der Waals surface area contributed by atoms with E-state index in [4.69, 9.17) is 4.74 Å². The number of carbonyl (C=O) groups is 1. The molecule has 0 aliphatic carbocycles. The minimum absolute atomic E-state index is 0.00209. The van der Waals surface area contributed by atoms with Crippen LogP contribution >= 0.6 is 0 Å². The summed E-state index contributed by atoms with van der Waals surface area (Å²) in [6, 6.07) is 0. The Kier molecular flexibility index (Phi) is 4.95. The predicted octanol–water partition coefficient (Wildman–Crippen LogP) is 1.31. The average Bonchev–Trinajstić information content (AvgIpc) is 2.36. The Labute approximate surface area is 104 Å². The molecular weight excluding hydrogens is 216 g/mol. The van der Waals surface area contributed by atoms with Crippen LogP contribution in [0.3, 0.4) is 0 Å². The summed E-state index contributed by atoms with van der Waals surface area (Å²) in [4.78, 5) is 12.1.